The molecule has 2 aliphatic rings. The number of nitrogens with two attached hydrogens (primary N) is 1. The number of hydrogen-bond acceptors (Lipinski definition) is 10. The van der Waals surface area contributed by atoms with E-state index in [0.29, 0.717) is 25.0 Å². The van der Waals surface area contributed by atoms with Crippen LogP contribution in [0.15, 0.2) is 48.5 Å². The van der Waals surface area contributed by atoms with Crippen LogP contribution >= 0.6 is 0 Å². The van der Waals surface area contributed by atoms with Gasteiger partial charge in [-0.15, -0.1) is 0 Å². The number of methoxy groups -OCH3 is 1. The number of hydrogen-bond donors (Lipinski definition) is 4. The third-order valence-corrected chi connectivity index (χ3v) is 6.42. The molecule has 0 bridgehead atoms. The van der Waals surface area contributed by atoms with Crippen LogP contribution in [-0.4, -0.2) is 63.5 Å². The Bertz CT molecular complexity index is 1260. The Labute approximate surface area is 220 Å². The lowest BCUT2D eigenvalue weighted by Gasteiger charge is -2.15. The van der Waals surface area contributed by atoms with E-state index in [1.54, 1.807) is 7.11 Å². The van der Waals surface area contributed by atoms with E-state index in [9.17, 15) is 9.59 Å². The van der Waals surface area contributed by atoms with Crippen LogP contribution in [0.3, 0.4) is 0 Å². The first-order valence-corrected chi connectivity index (χ1v) is 12.7. The number of anilines is 3. The maximum atomic E-state index is 12.0. The molecule has 0 aliphatic carbocycles. The van der Waals surface area contributed by atoms with E-state index in [0.717, 1.165) is 28.7 Å². The first-order chi connectivity index (χ1) is 18.5. The lowest BCUT2D eigenvalue weighted by molar-refractivity contribution is -0.461. The van der Waals surface area contributed by atoms with Gasteiger partial charge in [-0.25, -0.2) is 9.59 Å². The maximum absolute atomic E-state index is 12.0. The summed E-state index contributed by atoms with van der Waals surface area (Å²) < 4.78 is 5.21. The van der Waals surface area contributed by atoms with Crippen LogP contribution in [0.2, 0.25) is 0 Å². The molecule has 0 atom stereocenters. The zero-order valence-corrected chi connectivity index (χ0v) is 21.3. The highest BCUT2D eigenvalue weighted by atomic mass is 16.5. The molecule has 2 saturated heterocycles. The molecule has 2 aromatic carbocycles. The molecule has 3 aromatic rings. The summed E-state index contributed by atoms with van der Waals surface area (Å²) >= 11 is 0. The number of rotatable bonds is 11. The highest BCUT2D eigenvalue weighted by Crippen LogP contribution is 2.16. The summed E-state index contributed by atoms with van der Waals surface area (Å²) in [6.45, 7) is 4.23. The summed E-state index contributed by atoms with van der Waals surface area (Å²) in [6, 6.07) is 15.7. The van der Waals surface area contributed by atoms with Crippen LogP contribution in [0.1, 0.15) is 29.5 Å². The third-order valence-electron chi connectivity index (χ3n) is 6.42. The molecule has 38 heavy (non-hydrogen) atoms. The van der Waals surface area contributed by atoms with E-state index in [1.807, 2.05) is 24.3 Å². The van der Waals surface area contributed by atoms with Crippen molar-refractivity contribution in [1.29, 1.82) is 0 Å². The number of primary amides is 2. The van der Waals surface area contributed by atoms with E-state index in [4.69, 9.17) is 4.74 Å². The van der Waals surface area contributed by atoms with Crippen molar-refractivity contribution in [1.82, 2.24) is 24.9 Å². The quantitative estimate of drug-likeness (QED) is 0.276. The number of carbonyl (C=O) groups is 2. The smallest absolute Gasteiger partial charge is 0.442 e. The third kappa shape index (κ3) is 6.72. The minimum absolute atomic E-state index is 0.0777. The molecule has 12 heteroatoms. The highest BCUT2D eigenvalue weighted by Gasteiger charge is 2.33. The minimum atomic E-state index is -0.438. The molecule has 2 aliphatic heterocycles. The monoisotopic (exact) mass is 518 g/mol. The van der Waals surface area contributed by atoms with Gasteiger partial charge in [-0.3, -0.25) is 10.3 Å². The molecule has 5 rings (SSSR count). The fourth-order valence-corrected chi connectivity index (χ4v) is 4.36. The van der Waals surface area contributed by atoms with E-state index < -0.39 is 6.03 Å². The SMILES string of the molecule is COc1ccc(CNc2nc(NCc3ccc(CN4CCCC4)cc3)nc(NN3CC(=O)[NH2+]C3=O)n2)cc1. The van der Waals surface area contributed by atoms with Crippen LogP contribution in [0.5, 0.6) is 5.75 Å². The van der Waals surface area contributed by atoms with Gasteiger partial charge in [0, 0.05) is 19.6 Å². The summed E-state index contributed by atoms with van der Waals surface area (Å²) in [5.41, 5.74) is 6.23. The van der Waals surface area contributed by atoms with Gasteiger partial charge >= 0.3 is 11.9 Å². The standard InChI is InChI=1S/C26H31N9O3/c1-38-21-10-8-19(9-11-21)15-28-24-30-23(31-25(32-24)33-35-17-22(36)29-26(35)37)27-14-18-4-6-20(7-5-18)16-34-12-2-3-13-34/h4-11H,2-3,12-17H2,1H3,(H,29,36,37)(H3,27,28,30,31,32,33)/p+1. The van der Waals surface area contributed by atoms with Gasteiger partial charge in [-0.1, -0.05) is 36.4 Å². The van der Waals surface area contributed by atoms with Gasteiger partial charge in [0.05, 0.1) is 7.11 Å². The maximum Gasteiger partial charge on any atom is 0.442 e. The number of nitrogens with one attached hydrogen (secondary N) is 3. The zero-order chi connectivity index (χ0) is 26.3. The lowest BCUT2D eigenvalue weighted by Crippen LogP contribution is -2.88. The van der Waals surface area contributed by atoms with Gasteiger partial charge in [0.1, 0.15) is 5.75 Å². The number of amides is 3. The van der Waals surface area contributed by atoms with Gasteiger partial charge in [0.25, 0.3) is 0 Å². The number of quaternary nitrogens is 1. The lowest BCUT2D eigenvalue weighted by atomic mass is 10.1. The second-order valence-electron chi connectivity index (χ2n) is 9.31. The Kier molecular flexibility index (Phi) is 7.90. The van der Waals surface area contributed by atoms with Crippen molar-refractivity contribution in [2.75, 3.05) is 42.8 Å². The fourth-order valence-electron chi connectivity index (χ4n) is 4.36. The predicted molar refractivity (Wildman–Crippen MR) is 141 cm³/mol. The molecule has 2 fully saturated rings. The molecular weight excluding hydrogens is 486 g/mol. The van der Waals surface area contributed by atoms with Crippen molar-refractivity contribution in [3.05, 3.63) is 65.2 Å². The van der Waals surface area contributed by atoms with Crippen molar-refractivity contribution in [3.63, 3.8) is 0 Å². The van der Waals surface area contributed by atoms with E-state index in [-0.39, 0.29) is 18.4 Å². The zero-order valence-electron chi connectivity index (χ0n) is 21.3. The van der Waals surface area contributed by atoms with E-state index in [2.05, 4.69) is 60.2 Å². The molecule has 0 radical (unpaired) electrons. The van der Waals surface area contributed by atoms with Crippen molar-refractivity contribution in [2.45, 2.75) is 32.5 Å². The number of aromatic nitrogens is 3. The Balaban J connectivity index is 1.26. The molecule has 5 N–H and O–H groups in total. The number of likely N-dealkylation sites (tertiary alicyclic amines) is 1. The van der Waals surface area contributed by atoms with Crippen LogP contribution in [-0.2, 0) is 24.4 Å². The van der Waals surface area contributed by atoms with Gasteiger partial charge < -0.3 is 15.4 Å². The molecule has 3 amide bonds. The first kappa shape index (κ1) is 25.4. The average Bonchev–Trinajstić information content (AvgIpc) is 3.55. The average molecular weight is 519 g/mol. The van der Waals surface area contributed by atoms with Crippen molar-refractivity contribution in [3.8, 4) is 5.75 Å². The predicted octanol–water partition coefficient (Wildman–Crippen LogP) is 1.55. The number of hydrazine groups is 1. The second kappa shape index (κ2) is 11.8. The summed E-state index contributed by atoms with van der Waals surface area (Å²) in [5, 5.41) is 8.66. The minimum Gasteiger partial charge on any atom is -0.497 e. The van der Waals surface area contributed by atoms with Crippen LogP contribution in [0.4, 0.5) is 22.6 Å². The van der Waals surface area contributed by atoms with Gasteiger partial charge in [-0.05, 0) is 54.8 Å². The summed E-state index contributed by atoms with van der Waals surface area (Å²) in [4.78, 5) is 39.4. The Morgan fingerprint density at radius 1 is 0.816 bits per heavy atom. The first-order valence-electron chi connectivity index (χ1n) is 12.7. The number of carbonyl (C=O) groups excluding carboxylic acids is 2. The van der Waals surface area contributed by atoms with Crippen LogP contribution < -0.4 is 26.1 Å². The summed E-state index contributed by atoms with van der Waals surface area (Å²) in [7, 11) is 1.63. The van der Waals surface area contributed by atoms with Crippen molar-refractivity contribution < 1.29 is 19.6 Å². The second-order valence-corrected chi connectivity index (χ2v) is 9.31. The Hall–Kier alpha value is -4.29. The topological polar surface area (TPSA) is 141 Å². The number of imide groups is 1. The van der Waals surface area contributed by atoms with Crippen LogP contribution in [0.25, 0.3) is 0 Å². The normalized spacial score (nSPS) is 15.7. The number of benzene rings is 2. The van der Waals surface area contributed by atoms with E-state index >= 15 is 0 Å². The molecule has 3 heterocycles. The Morgan fingerprint density at radius 3 is 1.92 bits per heavy atom. The van der Waals surface area contributed by atoms with Crippen LogP contribution in [0, 0.1) is 0 Å². The molecule has 1 aromatic heterocycles. The highest BCUT2D eigenvalue weighted by molar-refractivity contribution is 5.87. The number of nitrogens with zero attached hydrogens (tertiary/aromatic N) is 5. The van der Waals surface area contributed by atoms with Crippen molar-refractivity contribution in [2.24, 2.45) is 0 Å². The molecule has 0 spiro atoms. The van der Waals surface area contributed by atoms with E-state index in [1.165, 1.54) is 36.5 Å². The number of urea groups is 1. The van der Waals surface area contributed by atoms with Gasteiger partial charge in [0.2, 0.25) is 17.8 Å². The molecule has 12 nitrogen and oxygen atoms in total. The summed E-state index contributed by atoms with van der Waals surface area (Å²) in [6.07, 6.45) is 2.56. The van der Waals surface area contributed by atoms with Gasteiger partial charge in [0.15, 0.2) is 6.54 Å². The van der Waals surface area contributed by atoms with Crippen molar-refractivity contribution >= 4 is 29.8 Å². The van der Waals surface area contributed by atoms with Gasteiger partial charge in [-0.2, -0.15) is 25.3 Å². The summed E-state index contributed by atoms with van der Waals surface area (Å²) in [5.74, 6) is 1.31. The Morgan fingerprint density at radius 2 is 1.37 bits per heavy atom. The molecule has 198 valence electrons. The molecular formula is C26H32N9O3+. The largest absolute Gasteiger partial charge is 0.497 e. The molecule has 0 unspecified atom stereocenters. The fraction of sp³-hybridized carbons (Fsp3) is 0.346. The molecule has 0 saturated carbocycles. The number of ether oxygens (including phenoxy) is 1.